The molecule has 0 aliphatic heterocycles. The van der Waals surface area contributed by atoms with Gasteiger partial charge in [0, 0.05) is 0 Å². The van der Waals surface area contributed by atoms with E-state index in [1.807, 2.05) is 0 Å². The molecular weight excluding hydrogens is 392 g/mol. The molecule has 2 nitrogen and oxygen atoms in total. The highest BCUT2D eigenvalue weighted by Crippen LogP contribution is 2.77. The van der Waals surface area contributed by atoms with E-state index in [4.69, 9.17) is 0 Å². The Morgan fingerprint density at radius 2 is 1.38 bits per heavy atom. The molecule has 0 aromatic rings. The van der Waals surface area contributed by atoms with Gasteiger partial charge < -0.3 is 5.11 Å². The van der Waals surface area contributed by atoms with E-state index in [0.717, 1.165) is 43.9 Å². The lowest BCUT2D eigenvalue weighted by Crippen LogP contribution is -2.66. The molecule has 8 atom stereocenters. The van der Waals surface area contributed by atoms with Crippen molar-refractivity contribution in [1.29, 1.82) is 0 Å². The molecule has 0 radical (unpaired) electrons. The highest BCUT2D eigenvalue weighted by molar-refractivity contribution is 5.75. The second kappa shape index (κ2) is 6.78. The molecule has 0 aromatic carbocycles. The summed E-state index contributed by atoms with van der Waals surface area (Å²) in [4.78, 5) is 12.8. The number of carboxylic acid groups (broad SMARTS) is 1. The Morgan fingerprint density at radius 3 is 2.06 bits per heavy atom. The average Bonchev–Trinajstić information content (AvgIpc) is 2.67. The second-order valence-electron chi connectivity index (χ2n) is 15.4. The minimum atomic E-state index is -0.475. The Kier molecular flexibility index (Phi) is 4.92. The lowest BCUT2D eigenvalue weighted by molar-refractivity contribution is -0.246. The molecule has 1 N–H and O–H groups in total. The number of carbonyl (C=O) groups is 1. The van der Waals surface area contributed by atoms with Gasteiger partial charge in [-0.05, 0) is 121 Å². The standard InChI is InChI=1S/C30H50O2/c1-25(2)15-17-30(24(31)32)18-16-28(6)20(21(30)19-25)9-10-23-27(5)13-8-12-26(3,4)22(27)11-14-29(23,28)7/h20-23H,8-19H2,1-7H3,(H,31,32)/t20-,21+,22+,23-,27+,28-,29-,30+/m1/s1. The highest BCUT2D eigenvalue weighted by Gasteiger charge is 2.70. The van der Waals surface area contributed by atoms with Crippen LogP contribution >= 0.6 is 0 Å². The van der Waals surface area contributed by atoms with Crippen LogP contribution in [0.25, 0.3) is 0 Å². The molecule has 182 valence electrons. The number of fused-ring (bicyclic) bond motifs is 7. The molecule has 0 saturated heterocycles. The third-order valence-corrected chi connectivity index (χ3v) is 13.4. The van der Waals surface area contributed by atoms with Gasteiger partial charge in [0.15, 0.2) is 0 Å². The van der Waals surface area contributed by atoms with Gasteiger partial charge in [0.1, 0.15) is 0 Å². The zero-order valence-corrected chi connectivity index (χ0v) is 22.2. The Balaban J connectivity index is 1.55. The fourth-order valence-electron chi connectivity index (χ4n) is 11.5. The van der Waals surface area contributed by atoms with Gasteiger partial charge in [0.2, 0.25) is 0 Å². The maximum absolute atomic E-state index is 12.8. The van der Waals surface area contributed by atoms with Crippen LogP contribution in [0.3, 0.4) is 0 Å². The number of aliphatic carboxylic acids is 1. The van der Waals surface area contributed by atoms with Crippen molar-refractivity contribution in [1.82, 2.24) is 0 Å². The maximum atomic E-state index is 12.8. The van der Waals surface area contributed by atoms with Gasteiger partial charge in [-0.3, -0.25) is 4.79 Å². The van der Waals surface area contributed by atoms with Crippen molar-refractivity contribution in [3.05, 3.63) is 0 Å². The van der Waals surface area contributed by atoms with Crippen molar-refractivity contribution in [3.8, 4) is 0 Å². The molecule has 0 aromatic heterocycles. The Hall–Kier alpha value is -0.530. The van der Waals surface area contributed by atoms with Crippen LogP contribution in [0.2, 0.25) is 0 Å². The molecule has 0 bridgehead atoms. The molecule has 0 unspecified atom stereocenters. The van der Waals surface area contributed by atoms with Crippen molar-refractivity contribution in [3.63, 3.8) is 0 Å². The molecule has 5 saturated carbocycles. The first kappa shape index (κ1) is 23.2. The maximum Gasteiger partial charge on any atom is 0.309 e. The van der Waals surface area contributed by atoms with E-state index in [9.17, 15) is 9.90 Å². The van der Waals surface area contributed by atoms with Crippen molar-refractivity contribution in [2.24, 2.45) is 56.2 Å². The molecule has 0 heterocycles. The summed E-state index contributed by atoms with van der Waals surface area (Å²) in [6, 6.07) is 0. The molecule has 32 heavy (non-hydrogen) atoms. The number of hydrogen-bond acceptors (Lipinski definition) is 1. The second-order valence-corrected chi connectivity index (χ2v) is 15.4. The smallest absolute Gasteiger partial charge is 0.309 e. The molecule has 0 spiro atoms. The number of hydrogen-bond donors (Lipinski definition) is 1. The van der Waals surface area contributed by atoms with E-state index >= 15 is 0 Å². The molecule has 2 heteroatoms. The minimum absolute atomic E-state index is 0.288. The van der Waals surface area contributed by atoms with Crippen LogP contribution in [-0.4, -0.2) is 11.1 Å². The normalized spacial score (nSPS) is 53.8. The van der Waals surface area contributed by atoms with Crippen LogP contribution in [0.5, 0.6) is 0 Å². The molecule has 5 rings (SSSR count). The lowest BCUT2D eigenvalue weighted by atomic mass is 9.31. The lowest BCUT2D eigenvalue weighted by Gasteiger charge is -2.73. The van der Waals surface area contributed by atoms with Gasteiger partial charge >= 0.3 is 5.97 Å². The summed E-state index contributed by atoms with van der Waals surface area (Å²) in [6.07, 6.45) is 14.7. The van der Waals surface area contributed by atoms with Gasteiger partial charge in [0.25, 0.3) is 0 Å². The largest absolute Gasteiger partial charge is 0.481 e. The summed E-state index contributed by atoms with van der Waals surface area (Å²) in [7, 11) is 0. The van der Waals surface area contributed by atoms with E-state index in [1.54, 1.807) is 0 Å². The van der Waals surface area contributed by atoms with Crippen LogP contribution in [0.15, 0.2) is 0 Å². The first-order valence-corrected chi connectivity index (χ1v) is 14.0. The summed E-state index contributed by atoms with van der Waals surface area (Å²) in [5, 5.41) is 10.5. The van der Waals surface area contributed by atoms with Crippen LogP contribution < -0.4 is 0 Å². The Bertz CT molecular complexity index is 797. The van der Waals surface area contributed by atoms with E-state index in [1.165, 1.54) is 44.9 Å². The first-order chi connectivity index (χ1) is 14.7. The quantitative estimate of drug-likeness (QED) is 0.443. The third-order valence-electron chi connectivity index (χ3n) is 13.4. The van der Waals surface area contributed by atoms with Crippen LogP contribution in [0.1, 0.15) is 126 Å². The molecule has 5 aliphatic carbocycles. The van der Waals surface area contributed by atoms with Gasteiger partial charge in [0.05, 0.1) is 5.41 Å². The zero-order valence-electron chi connectivity index (χ0n) is 22.2. The fraction of sp³-hybridized carbons (Fsp3) is 0.967. The molecule has 0 amide bonds. The molecule has 5 aliphatic rings. The summed E-state index contributed by atoms with van der Waals surface area (Å²) in [6.45, 7) is 17.9. The molecule has 5 fully saturated rings. The number of rotatable bonds is 1. The topological polar surface area (TPSA) is 37.3 Å². The first-order valence-electron chi connectivity index (χ1n) is 14.0. The average molecular weight is 443 g/mol. The monoisotopic (exact) mass is 442 g/mol. The van der Waals surface area contributed by atoms with Crippen molar-refractivity contribution in [2.45, 2.75) is 126 Å². The summed E-state index contributed by atoms with van der Waals surface area (Å²) >= 11 is 0. The zero-order chi connectivity index (χ0) is 23.4. The summed E-state index contributed by atoms with van der Waals surface area (Å²) < 4.78 is 0. The van der Waals surface area contributed by atoms with E-state index in [-0.39, 0.29) is 5.41 Å². The van der Waals surface area contributed by atoms with Crippen LogP contribution in [0, 0.1) is 56.2 Å². The SMILES string of the molecule is CC1(C)CC[C@]2(C(=O)O)CC[C@]3(C)[C@H](CC[C@@H]4[C@@]5(C)CCCC(C)(C)[C@@H]5CC[C@]43C)[C@@H]2C1. The third kappa shape index (κ3) is 2.79. The van der Waals surface area contributed by atoms with Gasteiger partial charge in [-0.1, -0.05) is 54.9 Å². The van der Waals surface area contributed by atoms with Gasteiger partial charge in [-0.2, -0.15) is 0 Å². The highest BCUT2D eigenvalue weighted by atomic mass is 16.4. The van der Waals surface area contributed by atoms with Crippen LogP contribution in [-0.2, 0) is 4.79 Å². The summed E-state index contributed by atoms with van der Waals surface area (Å²) in [5.74, 6) is 2.15. The van der Waals surface area contributed by atoms with Gasteiger partial charge in [-0.25, -0.2) is 0 Å². The predicted molar refractivity (Wildman–Crippen MR) is 131 cm³/mol. The predicted octanol–water partition coefficient (Wildman–Crippen LogP) is 8.34. The van der Waals surface area contributed by atoms with Gasteiger partial charge in [-0.15, -0.1) is 0 Å². The van der Waals surface area contributed by atoms with E-state index in [0.29, 0.717) is 33.5 Å². The minimum Gasteiger partial charge on any atom is -0.481 e. The Morgan fingerprint density at radius 1 is 0.688 bits per heavy atom. The Labute approximate surface area is 197 Å². The van der Waals surface area contributed by atoms with Crippen molar-refractivity contribution in [2.75, 3.05) is 0 Å². The summed E-state index contributed by atoms with van der Waals surface area (Å²) in [5.41, 5.74) is 1.44. The molecular formula is C30H50O2. The van der Waals surface area contributed by atoms with Crippen molar-refractivity contribution >= 4 is 5.97 Å². The number of carboxylic acids is 1. The fourth-order valence-corrected chi connectivity index (χ4v) is 11.5. The van der Waals surface area contributed by atoms with E-state index in [2.05, 4.69) is 48.5 Å². The van der Waals surface area contributed by atoms with E-state index < -0.39 is 11.4 Å². The van der Waals surface area contributed by atoms with Crippen molar-refractivity contribution < 1.29 is 9.90 Å². The van der Waals surface area contributed by atoms with Crippen LogP contribution in [0.4, 0.5) is 0 Å².